The molecule has 35 heavy (non-hydrogen) atoms. The van der Waals surface area contributed by atoms with E-state index in [9.17, 15) is 14.0 Å². The molecule has 4 rings (SSSR count). The lowest BCUT2D eigenvalue weighted by atomic mass is 9.95. The molecular weight excluding hydrogens is 463 g/mol. The number of carbonyl (C=O) groups excluding carboxylic acids is 2. The van der Waals surface area contributed by atoms with Crippen LogP contribution in [-0.2, 0) is 16.1 Å². The summed E-state index contributed by atoms with van der Waals surface area (Å²) >= 11 is 1.28. The molecule has 1 aromatic heterocycles. The number of aryl methyl sites for hydroxylation is 2. The van der Waals surface area contributed by atoms with Gasteiger partial charge in [0.25, 0.3) is 0 Å². The van der Waals surface area contributed by atoms with E-state index in [-0.39, 0.29) is 36.0 Å². The molecule has 1 aliphatic rings. The van der Waals surface area contributed by atoms with E-state index in [0.717, 1.165) is 48.1 Å². The number of hydrogen-bond acceptors (Lipinski definition) is 4. The molecule has 0 atom stereocenters. The lowest BCUT2D eigenvalue weighted by Crippen LogP contribution is -2.38. The van der Waals surface area contributed by atoms with Gasteiger partial charge < -0.3 is 15.2 Å². The highest BCUT2D eigenvalue weighted by Crippen LogP contribution is 2.27. The first-order valence-electron chi connectivity index (χ1n) is 12.0. The van der Waals surface area contributed by atoms with Crippen molar-refractivity contribution in [2.24, 2.45) is 0 Å². The molecule has 2 aromatic carbocycles. The Morgan fingerprint density at radius 3 is 2.40 bits per heavy atom. The fourth-order valence-corrected chi connectivity index (χ4v) is 5.24. The maximum absolute atomic E-state index is 13.5. The number of nitrogens with one attached hydrogen (secondary N) is 2. The lowest BCUT2D eigenvalue weighted by Gasteiger charge is -2.23. The van der Waals surface area contributed by atoms with Gasteiger partial charge in [-0.2, -0.15) is 0 Å². The van der Waals surface area contributed by atoms with Gasteiger partial charge in [-0.3, -0.25) is 9.59 Å². The molecule has 0 unspecified atom stereocenters. The van der Waals surface area contributed by atoms with Crippen molar-refractivity contribution in [3.8, 4) is 11.3 Å². The van der Waals surface area contributed by atoms with E-state index in [1.807, 2.05) is 36.6 Å². The lowest BCUT2D eigenvalue weighted by molar-refractivity contribution is -0.122. The van der Waals surface area contributed by atoms with Crippen LogP contribution in [0.3, 0.4) is 0 Å². The van der Waals surface area contributed by atoms with Crippen molar-refractivity contribution >= 4 is 29.3 Å². The first-order valence-corrected chi connectivity index (χ1v) is 13.0. The first kappa shape index (κ1) is 25.0. The van der Waals surface area contributed by atoms with Crippen LogP contribution in [-0.4, -0.2) is 33.2 Å². The van der Waals surface area contributed by atoms with Gasteiger partial charge in [-0.05, 0) is 67.6 Å². The van der Waals surface area contributed by atoms with Crippen molar-refractivity contribution in [3.05, 3.63) is 65.6 Å². The van der Waals surface area contributed by atoms with E-state index in [1.165, 1.54) is 30.3 Å². The van der Waals surface area contributed by atoms with Crippen LogP contribution in [0.5, 0.6) is 0 Å². The molecule has 0 radical (unpaired) electrons. The Bertz CT molecular complexity index is 1170. The summed E-state index contributed by atoms with van der Waals surface area (Å²) in [6, 6.07) is 12.2. The summed E-state index contributed by atoms with van der Waals surface area (Å²) in [6.07, 6.45) is 7.16. The maximum atomic E-state index is 13.5. The second-order valence-corrected chi connectivity index (χ2v) is 9.97. The number of amides is 2. The second-order valence-electron chi connectivity index (χ2n) is 9.03. The van der Waals surface area contributed by atoms with Gasteiger partial charge in [0, 0.05) is 11.7 Å². The minimum atomic E-state index is -0.326. The molecule has 0 aliphatic heterocycles. The number of nitrogens with zero attached hydrogens (tertiary/aromatic N) is 2. The van der Waals surface area contributed by atoms with E-state index in [0.29, 0.717) is 10.9 Å². The predicted octanol–water partition coefficient (Wildman–Crippen LogP) is 5.49. The summed E-state index contributed by atoms with van der Waals surface area (Å²) in [5, 5.41) is 6.71. The molecule has 2 amide bonds. The standard InChI is InChI=1S/C27H31FN4O2S/c1-18-7-6-8-19(2)26(18)31-25(34)17-35-27-29-15-23(20-11-13-21(28)14-12-20)32(27)16-24(33)30-22-9-4-3-5-10-22/h6-8,11-15,22H,3-5,9-10,16-17H2,1-2H3,(H,30,33)(H,31,34). The number of imidazole rings is 1. The van der Waals surface area contributed by atoms with Gasteiger partial charge >= 0.3 is 0 Å². The summed E-state index contributed by atoms with van der Waals surface area (Å²) in [5.74, 6) is -0.401. The van der Waals surface area contributed by atoms with E-state index in [2.05, 4.69) is 15.6 Å². The zero-order valence-electron chi connectivity index (χ0n) is 20.1. The smallest absolute Gasteiger partial charge is 0.240 e. The van der Waals surface area contributed by atoms with Crippen LogP contribution >= 0.6 is 11.8 Å². The Labute approximate surface area is 209 Å². The predicted molar refractivity (Wildman–Crippen MR) is 138 cm³/mol. The Morgan fingerprint density at radius 2 is 1.71 bits per heavy atom. The van der Waals surface area contributed by atoms with Gasteiger partial charge in [0.1, 0.15) is 12.4 Å². The highest BCUT2D eigenvalue weighted by Gasteiger charge is 2.20. The van der Waals surface area contributed by atoms with Crippen LogP contribution in [0.15, 0.2) is 53.8 Å². The van der Waals surface area contributed by atoms with Gasteiger partial charge in [0.2, 0.25) is 11.8 Å². The average molecular weight is 495 g/mol. The third-order valence-corrected chi connectivity index (χ3v) is 7.30. The molecule has 2 N–H and O–H groups in total. The molecule has 0 spiro atoms. The average Bonchev–Trinajstić information content (AvgIpc) is 3.23. The third-order valence-electron chi connectivity index (χ3n) is 6.31. The summed E-state index contributed by atoms with van der Waals surface area (Å²) in [5.41, 5.74) is 4.30. The van der Waals surface area contributed by atoms with E-state index in [4.69, 9.17) is 0 Å². The molecule has 1 fully saturated rings. The van der Waals surface area contributed by atoms with Crippen LogP contribution in [0.4, 0.5) is 10.1 Å². The SMILES string of the molecule is Cc1cccc(C)c1NC(=O)CSc1ncc(-c2ccc(F)cc2)n1CC(=O)NC1CCCCC1. The maximum Gasteiger partial charge on any atom is 0.240 e. The zero-order chi connectivity index (χ0) is 24.8. The highest BCUT2D eigenvalue weighted by molar-refractivity contribution is 7.99. The van der Waals surface area contributed by atoms with Gasteiger partial charge in [0.05, 0.1) is 17.6 Å². The summed E-state index contributed by atoms with van der Waals surface area (Å²) in [4.78, 5) is 30.1. The quantitative estimate of drug-likeness (QED) is 0.406. The number of halogens is 1. The Kier molecular flexibility index (Phi) is 8.23. The molecule has 1 aliphatic carbocycles. The Balaban J connectivity index is 1.50. The molecule has 1 heterocycles. The Hall–Kier alpha value is -3.13. The van der Waals surface area contributed by atoms with Crippen molar-refractivity contribution < 1.29 is 14.0 Å². The van der Waals surface area contributed by atoms with Crippen LogP contribution < -0.4 is 10.6 Å². The number of carbonyl (C=O) groups is 2. The van der Waals surface area contributed by atoms with Gasteiger partial charge in [-0.25, -0.2) is 9.37 Å². The zero-order valence-corrected chi connectivity index (χ0v) is 21.0. The molecular formula is C27H31FN4O2S. The van der Waals surface area contributed by atoms with Gasteiger partial charge in [0.15, 0.2) is 5.16 Å². The second kappa shape index (κ2) is 11.5. The van der Waals surface area contributed by atoms with Crippen molar-refractivity contribution in [2.75, 3.05) is 11.1 Å². The summed E-state index contributed by atoms with van der Waals surface area (Å²) in [6.45, 7) is 4.01. The monoisotopic (exact) mass is 494 g/mol. The molecule has 3 aromatic rings. The number of aromatic nitrogens is 2. The fraction of sp³-hybridized carbons (Fsp3) is 0.370. The third kappa shape index (κ3) is 6.51. The number of hydrogen-bond donors (Lipinski definition) is 2. The number of para-hydroxylation sites is 1. The number of anilines is 1. The number of thioether (sulfide) groups is 1. The van der Waals surface area contributed by atoms with Gasteiger partial charge in [-0.15, -0.1) is 0 Å². The largest absolute Gasteiger partial charge is 0.352 e. The van der Waals surface area contributed by atoms with E-state index >= 15 is 0 Å². The molecule has 6 nitrogen and oxygen atoms in total. The molecule has 0 saturated heterocycles. The summed E-state index contributed by atoms with van der Waals surface area (Å²) in [7, 11) is 0. The normalized spacial score (nSPS) is 14.0. The first-order chi connectivity index (χ1) is 16.9. The van der Waals surface area contributed by atoms with Crippen LogP contribution in [0.2, 0.25) is 0 Å². The molecule has 0 bridgehead atoms. The van der Waals surface area contributed by atoms with Crippen LogP contribution in [0, 0.1) is 19.7 Å². The van der Waals surface area contributed by atoms with Crippen molar-refractivity contribution in [3.63, 3.8) is 0 Å². The Morgan fingerprint density at radius 1 is 1.03 bits per heavy atom. The summed E-state index contributed by atoms with van der Waals surface area (Å²) < 4.78 is 15.3. The van der Waals surface area contributed by atoms with Crippen molar-refractivity contribution in [1.29, 1.82) is 0 Å². The molecule has 184 valence electrons. The highest BCUT2D eigenvalue weighted by atomic mass is 32.2. The van der Waals surface area contributed by atoms with E-state index in [1.54, 1.807) is 18.3 Å². The van der Waals surface area contributed by atoms with Crippen LogP contribution in [0.1, 0.15) is 43.2 Å². The fourth-order valence-electron chi connectivity index (χ4n) is 4.46. The minimum Gasteiger partial charge on any atom is -0.352 e. The number of benzene rings is 2. The van der Waals surface area contributed by atoms with E-state index < -0.39 is 0 Å². The molecule has 8 heteroatoms. The van der Waals surface area contributed by atoms with Crippen molar-refractivity contribution in [2.45, 2.75) is 63.7 Å². The topological polar surface area (TPSA) is 76.0 Å². The van der Waals surface area contributed by atoms with Crippen molar-refractivity contribution in [1.82, 2.24) is 14.9 Å². The van der Waals surface area contributed by atoms with Gasteiger partial charge in [-0.1, -0.05) is 49.2 Å². The van der Waals surface area contributed by atoms with Crippen LogP contribution in [0.25, 0.3) is 11.3 Å². The minimum absolute atomic E-state index is 0.0832. The molecule has 1 saturated carbocycles. The number of rotatable bonds is 8.